The van der Waals surface area contributed by atoms with E-state index in [-0.39, 0.29) is 23.3 Å². The third-order valence-corrected chi connectivity index (χ3v) is 5.78. The molecule has 1 aliphatic carbocycles. The predicted octanol–water partition coefficient (Wildman–Crippen LogP) is 2.53. The third kappa shape index (κ3) is 4.99. The van der Waals surface area contributed by atoms with E-state index in [1.807, 2.05) is 6.92 Å². The van der Waals surface area contributed by atoms with Crippen molar-refractivity contribution in [3.63, 3.8) is 0 Å². The smallest absolute Gasteiger partial charge is 0.306 e. The molecule has 29 heavy (non-hydrogen) atoms. The molecule has 1 atom stereocenters. The van der Waals surface area contributed by atoms with Crippen molar-refractivity contribution >= 4 is 22.8 Å². The van der Waals surface area contributed by atoms with Crippen molar-refractivity contribution in [2.24, 2.45) is 11.8 Å². The number of nitrogens with zero attached hydrogens (tertiary/aromatic N) is 3. The van der Waals surface area contributed by atoms with Gasteiger partial charge in [0, 0.05) is 6.54 Å². The van der Waals surface area contributed by atoms with Gasteiger partial charge in [0.1, 0.15) is 11.6 Å². The molecule has 1 heterocycles. The molecule has 8 nitrogen and oxygen atoms in total. The largest absolute Gasteiger partial charge is 0.481 e. The number of fused-ring (bicyclic) bond motifs is 1. The number of hydrogen-bond donors (Lipinski definition) is 2. The average Bonchev–Trinajstić information content (AvgIpc) is 2.74. The van der Waals surface area contributed by atoms with Gasteiger partial charge in [-0.25, -0.2) is 0 Å². The number of aliphatic carboxylic acids is 1. The molecule has 156 valence electrons. The van der Waals surface area contributed by atoms with Gasteiger partial charge < -0.3 is 10.4 Å². The summed E-state index contributed by atoms with van der Waals surface area (Å²) in [5.74, 6) is -0.974. The minimum Gasteiger partial charge on any atom is -0.481 e. The van der Waals surface area contributed by atoms with Crippen LogP contribution in [-0.2, 0) is 9.59 Å². The molecule has 1 saturated carbocycles. The van der Waals surface area contributed by atoms with E-state index in [0.29, 0.717) is 36.7 Å². The molecule has 0 bridgehead atoms. The number of carboxylic acids is 1. The van der Waals surface area contributed by atoms with Gasteiger partial charge in [-0.3, -0.25) is 14.4 Å². The molecular formula is C21H28N4O4. The Morgan fingerprint density at radius 1 is 1.24 bits per heavy atom. The van der Waals surface area contributed by atoms with Crippen molar-refractivity contribution in [2.75, 3.05) is 6.54 Å². The van der Waals surface area contributed by atoms with E-state index in [9.17, 15) is 14.4 Å². The Labute approximate surface area is 169 Å². The van der Waals surface area contributed by atoms with Crippen LogP contribution in [0, 0.1) is 11.8 Å². The molecule has 1 unspecified atom stereocenters. The second kappa shape index (κ2) is 9.62. The normalized spacial score (nSPS) is 20.3. The van der Waals surface area contributed by atoms with Crippen molar-refractivity contribution in [1.29, 1.82) is 0 Å². The molecular weight excluding hydrogens is 372 g/mol. The molecule has 2 N–H and O–H groups in total. The van der Waals surface area contributed by atoms with Gasteiger partial charge in [-0.05, 0) is 50.2 Å². The number of nitrogens with one attached hydrogen (secondary N) is 1. The number of rotatable bonds is 8. The van der Waals surface area contributed by atoms with Gasteiger partial charge in [-0.2, -0.15) is 4.68 Å². The van der Waals surface area contributed by atoms with E-state index in [1.165, 1.54) is 4.68 Å². The van der Waals surface area contributed by atoms with Gasteiger partial charge in [0.05, 0.1) is 11.3 Å². The Morgan fingerprint density at radius 2 is 1.97 bits per heavy atom. The summed E-state index contributed by atoms with van der Waals surface area (Å²) >= 11 is 0. The first-order valence-electron chi connectivity index (χ1n) is 10.4. The Kier molecular flexibility index (Phi) is 6.95. The number of carbonyl (C=O) groups excluding carboxylic acids is 1. The molecule has 3 rings (SSSR count). The van der Waals surface area contributed by atoms with Gasteiger partial charge in [-0.1, -0.05) is 37.1 Å². The molecule has 1 aliphatic rings. The summed E-state index contributed by atoms with van der Waals surface area (Å²) < 4.78 is 1.20. The number of amides is 1. The molecule has 1 aromatic carbocycles. The van der Waals surface area contributed by atoms with Crippen molar-refractivity contribution < 1.29 is 14.7 Å². The monoisotopic (exact) mass is 400 g/mol. The maximum absolute atomic E-state index is 12.9. The van der Waals surface area contributed by atoms with Crippen LogP contribution >= 0.6 is 0 Å². The molecule has 0 spiro atoms. The summed E-state index contributed by atoms with van der Waals surface area (Å²) in [6.07, 6.45) is 5.07. The fraction of sp³-hybridized carbons (Fsp3) is 0.571. The lowest BCUT2D eigenvalue weighted by atomic mass is 9.82. The Hall–Kier alpha value is -2.77. The first-order valence-corrected chi connectivity index (χ1v) is 10.4. The molecule has 0 radical (unpaired) electrons. The van der Waals surface area contributed by atoms with Gasteiger partial charge in [-0.15, -0.1) is 5.10 Å². The van der Waals surface area contributed by atoms with Crippen LogP contribution in [0.2, 0.25) is 0 Å². The zero-order chi connectivity index (χ0) is 20.8. The van der Waals surface area contributed by atoms with Crippen molar-refractivity contribution in [1.82, 2.24) is 20.3 Å². The summed E-state index contributed by atoms with van der Waals surface area (Å²) in [6.45, 7) is 2.52. The number of aromatic nitrogens is 3. The van der Waals surface area contributed by atoms with Crippen molar-refractivity contribution in [3.8, 4) is 0 Å². The molecule has 1 fully saturated rings. The van der Waals surface area contributed by atoms with Crippen LogP contribution < -0.4 is 10.9 Å². The maximum Gasteiger partial charge on any atom is 0.306 e. The van der Waals surface area contributed by atoms with Crippen molar-refractivity contribution in [2.45, 2.75) is 57.9 Å². The van der Waals surface area contributed by atoms with Crippen LogP contribution in [0.4, 0.5) is 0 Å². The number of unbranched alkanes of at least 4 members (excludes halogenated alkanes) is 1. The zero-order valence-electron chi connectivity index (χ0n) is 16.7. The summed E-state index contributed by atoms with van der Waals surface area (Å²) in [7, 11) is 0. The van der Waals surface area contributed by atoms with Gasteiger partial charge >= 0.3 is 5.97 Å². The highest BCUT2D eigenvalue weighted by molar-refractivity contribution is 5.81. The van der Waals surface area contributed by atoms with Crippen LogP contribution in [0.3, 0.4) is 0 Å². The highest BCUT2D eigenvalue weighted by Gasteiger charge is 2.28. The molecule has 1 amide bonds. The minimum atomic E-state index is -0.735. The fourth-order valence-corrected chi connectivity index (χ4v) is 3.94. The van der Waals surface area contributed by atoms with Crippen LogP contribution in [0.1, 0.15) is 57.9 Å². The zero-order valence-corrected chi connectivity index (χ0v) is 16.7. The predicted molar refractivity (Wildman–Crippen MR) is 108 cm³/mol. The minimum absolute atomic E-state index is 0.231. The van der Waals surface area contributed by atoms with Crippen molar-refractivity contribution in [3.05, 3.63) is 34.6 Å². The number of carboxylic acid groups (broad SMARTS) is 1. The van der Waals surface area contributed by atoms with E-state index in [0.717, 1.165) is 25.7 Å². The van der Waals surface area contributed by atoms with E-state index in [4.69, 9.17) is 5.11 Å². The summed E-state index contributed by atoms with van der Waals surface area (Å²) in [5, 5.41) is 20.7. The summed E-state index contributed by atoms with van der Waals surface area (Å²) in [6, 6.07) is 6.28. The van der Waals surface area contributed by atoms with Crippen LogP contribution in [0.25, 0.3) is 10.9 Å². The second-order valence-electron chi connectivity index (χ2n) is 7.82. The first-order chi connectivity index (χ1) is 14.0. The average molecular weight is 400 g/mol. The maximum atomic E-state index is 12.9. The fourth-order valence-electron chi connectivity index (χ4n) is 3.94. The van der Waals surface area contributed by atoms with Crippen LogP contribution in [0.15, 0.2) is 29.1 Å². The molecule has 2 aromatic rings. The van der Waals surface area contributed by atoms with Gasteiger partial charge in [0.25, 0.3) is 5.56 Å². The lowest BCUT2D eigenvalue weighted by molar-refractivity contribution is -0.143. The second-order valence-corrected chi connectivity index (χ2v) is 7.82. The Morgan fingerprint density at radius 3 is 2.66 bits per heavy atom. The van der Waals surface area contributed by atoms with Crippen LogP contribution in [0.5, 0.6) is 0 Å². The molecule has 0 saturated heterocycles. The lowest BCUT2D eigenvalue weighted by Crippen LogP contribution is -2.41. The molecule has 8 heteroatoms. The lowest BCUT2D eigenvalue weighted by Gasteiger charge is -2.27. The van der Waals surface area contributed by atoms with E-state index in [1.54, 1.807) is 24.3 Å². The molecule has 0 aliphatic heterocycles. The third-order valence-electron chi connectivity index (χ3n) is 5.78. The Bertz CT molecular complexity index is 918. The highest BCUT2D eigenvalue weighted by Crippen LogP contribution is 2.28. The van der Waals surface area contributed by atoms with Gasteiger partial charge in [0.15, 0.2) is 0 Å². The SMILES string of the molecule is CCCCC(C(=O)NCC1CCC(C(=O)O)CC1)n1nnc2ccccc2c1=O. The summed E-state index contributed by atoms with van der Waals surface area (Å²) in [5.41, 5.74) is 0.201. The van der Waals surface area contributed by atoms with E-state index >= 15 is 0 Å². The van der Waals surface area contributed by atoms with Gasteiger partial charge in [0.2, 0.25) is 5.91 Å². The number of benzene rings is 1. The number of hydrogen-bond acceptors (Lipinski definition) is 5. The molecule has 1 aromatic heterocycles. The highest BCUT2D eigenvalue weighted by atomic mass is 16.4. The topological polar surface area (TPSA) is 114 Å². The van der Waals surface area contributed by atoms with E-state index in [2.05, 4.69) is 15.6 Å². The van der Waals surface area contributed by atoms with E-state index < -0.39 is 12.0 Å². The summed E-state index contributed by atoms with van der Waals surface area (Å²) in [4.78, 5) is 36.9. The number of carbonyl (C=O) groups is 2. The standard InChI is InChI=1S/C21H28N4O4/c1-2-3-8-18(25-20(27)16-6-4-5-7-17(16)23-24-25)19(26)22-13-14-9-11-15(12-10-14)21(28)29/h4-7,14-15,18H,2-3,8-13H2,1H3,(H,22,26)(H,28,29). The van der Waals surface area contributed by atoms with Crippen LogP contribution in [-0.4, -0.2) is 38.5 Å². The Balaban J connectivity index is 1.70. The quantitative estimate of drug-likeness (QED) is 0.704. The first kappa shape index (κ1) is 21.0.